The molecule has 2 rings (SSSR count). The zero-order valence-corrected chi connectivity index (χ0v) is 15.3. The third-order valence-corrected chi connectivity index (χ3v) is 4.23. The maximum atomic E-state index is 12.3. The zero-order chi connectivity index (χ0) is 17.7. The molecule has 0 aliphatic rings. The maximum absolute atomic E-state index is 12.3. The molecule has 2 aromatic rings. The van der Waals surface area contributed by atoms with Crippen molar-refractivity contribution in [2.45, 2.75) is 47.1 Å². The molecule has 0 fully saturated rings. The molecule has 0 heterocycles. The van der Waals surface area contributed by atoms with Crippen molar-refractivity contribution in [3.05, 3.63) is 64.2 Å². The lowest BCUT2D eigenvalue weighted by Crippen LogP contribution is -2.32. The normalized spacial score (nSPS) is 11.9. The van der Waals surface area contributed by atoms with E-state index in [2.05, 4.69) is 50.4 Å². The molecule has 1 atom stereocenters. The van der Waals surface area contributed by atoms with E-state index in [9.17, 15) is 4.79 Å². The van der Waals surface area contributed by atoms with Crippen LogP contribution in [0.2, 0.25) is 0 Å². The third kappa shape index (κ3) is 4.60. The second-order valence-corrected chi connectivity index (χ2v) is 6.45. The third-order valence-electron chi connectivity index (χ3n) is 4.23. The van der Waals surface area contributed by atoms with Crippen LogP contribution in [-0.2, 0) is 4.79 Å². The van der Waals surface area contributed by atoms with Crippen LogP contribution in [0.25, 0.3) is 0 Å². The van der Waals surface area contributed by atoms with Crippen LogP contribution in [0.5, 0.6) is 5.75 Å². The van der Waals surface area contributed by atoms with Crippen molar-refractivity contribution in [2.75, 3.05) is 6.61 Å². The molecule has 0 aliphatic heterocycles. The molecule has 3 nitrogen and oxygen atoms in total. The minimum Gasteiger partial charge on any atom is -0.484 e. The molecular formula is C21H27NO2. The van der Waals surface area contributed by atoms with Crippen molar-refractivity contribution in [3.8, 4) is 5.75 Å². The Hall–Kier alpha value is -2.29. The fourth-order valence-corrected chi connectivity index (χ4v) is 2.96. The summed E-state index contributed by atoms with van der Waals surface area (Å²) in [5.74, 6) is 0.664. The van der Waals surface area contributed by atoms with Crippen LogP contribution in [0.4, 0.5) is 0 Å². The van der Waals surface area contributed by atoms with E-state index < -0.39 is 0 Å². The van der Waals surface area contributed by atoms with Gasteiger partial charge in [0.15, 0.2) is 6.61 Å². The van der Waals surface area contributed by atoms with Crippen molar-refractivity contribution in [1.82, 2.24) is 5.32 Å². The average Bonchev–Trinajstić information content (AvgIpc) is 2.52. The van der Waals surface area contributed by atoms with Gasteiger partial charge in [0.05, 0.1) is 6.04 Å². The van der Waals surface area contributed by atoms with Gasteiger partial charge in [-0.05, 0) is 56.9 Å². The molecule has 0 radical (unpaired) electrons. The number of aryl methyl sites for hydroxylation is 4. The van der Waals surface area contributed by atoms with Crippen molar-refractivity contribution in [2.24, 2.45) is 0 Å². The highest BCUT2D eigenvalue weighted by Crippen LogP contribution is 2.22. The Bertz CT molecular complexity index is 722. The first-order valence-electron chi connectivity index (χ1n) is 8.47. The fourth-order valence-electron chi connectivity index (χ4n) is 2.96. The second kappa shape index (κ2) is 8.00. The molecule has 3 heteroatoms. The first-order chi connectivity index (χ1) is 11.4. The predicted molar refractivity (Wildman–Crippen MR) is 98.5 cm³/mol. The van der Waals surface area contributed by atoms with Gasteiger partial charge in [-0.3, -0.25) is 4.79 Å². The van der Waals surface area contributed by atoms with Crippen molar-refractivity contribution in [1.29, 1.82) is 0 Å². The summed E-state index contributed by atoms with van der Waals surface area (Å²) < 4.78 is 5.67. The maximum Gasteiger partial charge on any atom is 0.258 e. The van der Waals surface area contributed by atoms with Gasteiger partial charge in [-0.15, -0.1) is 0 Å². The second-order valence-electron chi connectivity index (χ2n) is 6.45. The van der Waals surface area contributed by atoms with Crippen molar-refractivity contribution in [3.63, 3.8) is 0 Å². The summed E-state index contributed by atoms with van der Waals surface area (Å²) in [6.45, 7) is 10.3. The van der Waals surface area contributed by atoms with Crippen LogP contribution in [0.3, 0.4) is 0 Å². The van der Waals surface area contributed by atoms with E-state index in [4.69, 9.17) is 4.74 Å². The van der Waals surface area contributed by atoms with Crippen LogP contribution < -0.4 is 10.1 Å². The standard InChI is InChI=1S/C21H27NO2/c1-6-19(18-9-7-14(2)11-16(18)4)22-21(23)13-24-20-10-8-15(3)12-17(20)5/h7-12,19H,6,13H2,1-5H3,(H,22,23). The fraction of sp³-hybridized carbons (Fsp3) is 0.381. The number of rotatable bonds is 6. The van der Waals surface area contributed by atoms with E-state index >= 15 is 0 Å². The summed E-state index contributed by atoms with van der Waals surface area (Å²) in [5, 5.41) is 3.08. The average molecular weight is 325 g/mol. The van der Waals surface area contributed by atoms with Crippen LogP contribution in [0.15, 0.2) is 36.4 Å². The number of hydrogen-bond donors (Lipinski definition) is 1. The molecule has 1 amide bonds. The molecular weight excluding hydrogens is 298 g/mol. The van der Waals surface area contributed by atoms with Crippen LogP contribution >= 0.6 is 0 Å². The Balaban J connectivity index is 1.99. The minimum absolute atomic E-state index is 0.0146. The molecule has 0 bridgehead atoms. The molecule has 1 unspecified atom stereocenters. The van der Waals surface area contributed by atoms with E-state index in [-0.39, 0.29) is 18.6 Å². The molecule has 128 valence electrons. The number of amides is 1. The number of benzene rings is 2. The number of carbonyl (C=O) groups excluding carboxylic acids is 1. The summed E-state index contributed by atoms with van der Waals surface area (Å²) in [6.07, 6.45) is 0.846. The van der Waals surface area contributed by atoms with E-state index in [1.807, 2.05) is 26.0 Å². The van der Waals surface area contributed by atoms with Crippen molar-refractivity contribution < 1.29 is 9.53 Å². The largest absolute Gasteiger partial charge is 0.484 e. The lowest BCUT2D eigenvalue weighted by molar-refractivity contribution is -0.123. The number of ether oxygens (including phenoxy) is 1. The van der Waals surface area contributed by atoms with Gasteiger partial charge in [0, 0.05) is 0 Å². The van der Waals surface area contributed by atoms with Crippen LogP contribution in [0.1, 0.15) is 47.2 Å². The van der Waals surface area contributed by atoms with Gasteiger partial charge in [0.1, 0.15) is 5.75 Å². The lowest BCUT2D eigenvalue weighted by Gasteiger charge is -2.20. The van der Waals surface area contributed by atoms with Gasteiger partial charge in [-0.2, -0.15) is 0 Å². The molecule has 1 N–H and O–H groups in total. The summed E-state index contributed by atoms with van der Waals surface area (Å²) in [7, 11) is 0. The zero-order valence-electron chi connectivity index (χ0n) is 15.3. The summed E-state index contributed by atoms with van der Waals surface area (Å²) in [4.78, 5) is 12.3. The Morgan fingerprint density at radius 3 is 2.21 bits per heavy atom. The minimum atomic E-state index is -0.0956. The first kappa shape index (κ1) is 18.1. The highest BCUT2D eigenvalue weighted by molar-refractivity contribution is 5.78. The Morgan fingerprint density at radius 1 is 1.00 bits per heavy atom. The smallest absolute Gasteiger partial charge is 0.258 e. The van der Waals surface area contributed by atoms with Gasteiger partial charge in [-0.25, -0.2) is 0 Å². The van der Waals surface area contributed by atoms with Crippen molar-refractivity contribution >= 4 is 5.91 Å². The molecule has 0 saturated carbocycles. The Morgan fingerprint density at radius 2 is 1.62 bits per heavy atom. The number of carbonyl (C=O) groups is 1. The number of hydrogen-bond acceptors (Lipinski definition) is 2. The molecule has 0 aromatic heterocycles. The lowest BCUT2D eigenvalue weighted by atomic mass is 9.97. The van der Waals surface area contributed by atoms with Crippen LogP contribution in [-0.4, -0.2) is 12.5 Å². The monoisotopic (exact) mass is 325 g/mol. The molecule has 0 saturated heterocycles. The highest BCUT2D eigenvalue weighted by Gasteiger charge is 2.15. The van der Waals surface area contributed by atoms with Gasteiger partial charge < -0.3 is 10.1 Å². The SMILES string of the molecule is CCC(NC(=O)COc1ccc(C)cc1C)c1ccc(C)cc1C. The quantitative estimate of drug-likeness (QED) is 0.845. The van der Waals surface area contributed by atoms with E-state index in [0.29, 0.717) is 0 Å². The molecule has 0 aliphatic carbocycles. The van der Waals surface area contributed by atoms with E-state index in [0.717, 1.165) is 17.7 Å². The summed E-state index contributed by atoms with van der Waals surface area (Å²) in [6, 6.07) is 12.3. The molecule has 2 aromatic carbocycles. The Labute approximate surface area is 145 Å². The molecule has 24 heavy (non-hydrogen) atoms. The topological polar surface area (TPSA) is 38.3 Å². The van der Waals surface area contributed by atoms with E-state index in [1.165, 1.54) is 22.3 Å². The Kier molecular flexibility index (Phi) is 6.02. The number of nitrogens with one attached hydrogen (secondary N) is 1. The van der Waals surface area contributed by atoms with Gasteiger partial charge >= 0.3 is 0 Å². The van der Waals surface area contributed by atoms with Gasteiger partial charge in [-0.1, -0.05) is 48.4 Å². The summed E-state index contributed by atoms with van der Waals surface area (Å²) >= 11 is 0. The predicted octanol–water partition coefficient (Wildman–Crippen LogP) is 4.57. The first-order valence-corrected chi connectivity index (χ1v) is 8.47. The summed E-state index contributed by atoms with van der Waals surface area (Å²) in [5.41, 5.74) is 5.84. The highest BCUT2D eigenvalue weighted by atomic mass is 16.5. The molecule has 0 spiro atoms. The van der Waals surface area contributed by atoms with E-state index in [1.54, 1.807) is 0 Å². The van der Waals surface area contributed by atoms with Gasteiger partial charge in [0.25, 0.3) is 5.91 Å². The van der Waals surface area contributed by atoms with Crippen LogP contribution in [0, 0.1) is 27.7 Å². The van der Waals surface area contributed by atoms with Gasteiger partial charge in [0.2, 0.25) is 0 Å².